The van der Waals surface area contributed by atoms with E-state index in [1.807, 2.05) is 6.92 Å². The van der Waals surface area contributed by atoms with Gasteiger partial charge >= 0.3 is 0 Å². The molecule has 1 N–H and O–H groups in total. The Morgan fingerprint density at radius 3 is 2.36 bits per heavy atom. The van der Waals surface area contributed by atoms with Gasteiger partial charge in [0.2, 0.25) is 0 Å². The highest BCUT2D eigenvalue weighted by atomic mass is 14.9. The van der Waals surface area contributed by atoms with Crippen LogP contribution in [-0.4, -0.2) is 12.6 Å². The predicted octanol–water partition coefficient (Wildman–Crippen LogP) is 3.20. The molecular formula is C13H25N. The molecule has 0 spiro atoms. The first-order chi connectivity index (χ1) is 6.48. The molecule has 0 aliphatic carbocycles. The molecule has 0 radical (unpaired) electrons. The first-order valence-electron chi connectivity index (χ1n) is 5.61. The van der Waals surface area contributed by atoms with Gasteiger partial charge in [-0.2, -0.15) is 0 Å². The molecule has 1 heteroatoms. The van der Waals surface area contributed by atoms with E-state index in [-0.39, 0.29) is 0 Å². The van der Waals surface area contributed by atoms with Crippen LogP contribution < -0.4 is 5.32 Å². The van der Waals surface area contributed by atoms with Crippen LogP contribution >= 0.6 is 0 Å². The third-order valence-corrected chi connectivity index (χ3v) is 2.46. The molecule has 0 fully saturated rings. The molecule has 14 heavy (non-hydrogen) atoms. The zero-order valence-electron chi connectivity index (χ0n) is 10.4. The quantitative estimate of drug-likeness (QED) is 0.642. The lowest BCUT2D eigenvalue weighted by molar-refractivity contribution is 0.302. The molecule has 0 heterocycles. The summed E-state index contributed by atoms with van der Waals surface area (Å²) in [6, 6.07) is 0.598. The molecular weight excluding hydrogens is 170 g/mol. The highest BCUT2D eigenvalue weighted by Gasteiger charge is 2.16. The minimum absolute atomic E-state index is 0.422. The fraction of sp³-hybridized carbons (Fsp3) is 0.846. The van der Waals surface area contributed by atoms with Gasteiger partial charge in [-0.25, -0.2) is 0 Å². The van der Waals surface area contributed by atoms with Crippen molar-refractivity contribution in [3.05, 3.63) is 0 Å². The van der Waals surface area contributed by atoms with Crippen molar-refractivity contribution in [3.8, 4) is 11.8 Å². The van der Waals surface area contributed by atoms with Crippen molar-refractivity contribution in [1.29, 1.82) is 0 Å². The van der Waals surface area contributed by atoms with Crippen LogP contribution in [0.1, 0.15) is 53.9 Å². The maximum Gasteiger partial charge on any atom is 0.00936 e. The van der Waals surface area contributed by atoms with Crippen LogP contribution in [0.15, 0.2) is 0 Å². The monoisotopic (exact) mass is 195 g/mol. The van der Waals surface area contributed by atoms with Crippen molar-refractivity contribution in [1.82, 2.24) is 5.32 Å². The lowest BCUT2D eigenvalue weighted by Gasteiger charge is -2.24. The molecule has 0 aromatic rings. The van der Waals surface area contributed by atoms with Crippen LogP contribution in [0, 0.1) is 17.3 Å². The minimum Gasteiger partial charge on any atom is -0.315 e. The van der Waals surface area contributed by atoms with E-state index in [9.17, 15) is 0 Å². The highest BCUT2D eigenvalue weighted by Crippen LogP contribution is 2.25. The van der Waals surface area contributed by atoms with Gasteiger partial charge in [-0.3, -0.25) is 0 Å². The van der Waals surface area contributed by atoms with Crippen LogP contribution in [0.25, 0.3) is 0 Å². The molecule has 0 atom stereocenters. The second-order valence-corrected chi connectivity index (χ2v) is 4.95. The second kappa shape index (κ2) is 6.90. The highest BCUT2D eigenvalue weighted by molar-refractivity contribution is 4.95. The summed E-state index contributed by atoms with van der Waals surface area (Å²) >= 11 is 0. The summed E-state index contributed by atoms with van der Waals surface area (Å²) in [6.07, 6.45) is 3.47. The van der Waals surface area contributed by atoms with Gasteiger partial charge < -0.3 is 5.32 Å². The van der Waals surface area contributed by atoms with Crippen molar-refractivity contribution in [2.24, 2.45) is 5.41 Å². The predicted molar refractivity (Wildman–Crippen MR) is 64.2 cm³/mol. The maximum absolute atomic E-state index is 3.46. The van der Waals surface area contributed by atoms with Crippen LogP contribution in [0.4, 0.5) is 0 Å². The Hall–Kier alpha value is -0.480. The summed E-state index contributed by atoms with van der Waals surface area (Å²) in [5.74, 6) is 6.08. The van der Waals surface area contributed by atoms with Gasteiger partial charge in [0.25, 0.3) is 0 Å². The molecule has 0 aliphatic heterocycles. The van der Waals surface area contributed by atoms with Gasteiger partial charge in [0.15, 0.2) is 0 Å². The first-order valence-corrected chi connectivity index (χ1v) is 5.61. The van der Waals surface area contributed by atoms with Gasteiger partial charge in [0.05, 0.1) is 0 Å². The first kappa shape index (κ1) is 13.5. The van der Waals surface area contributed by atoms with E-state index < -0.39 is 0 Å². The molecule has 0 aromatic carbocycles. The van der Waals surface area contributed by atoms with E-state index in [1.54, 1.807) is 0 Å². The zero-order chi connectivity index (χ0) is 11.0. The van der Waals surface area contributed by atoms with Gasteiger partial charge in [0.1, 0.15) is 0 Å². The minimum atomic E-state index is 0.422. The van der Waals surface area contributed by atoms with Crippen LogP contribution in [0.2, 0.25) is 0 Å². The lowest BCUT2D eigenvalue weighted by atomic mass is 9.84. The number of rotatable bonds is 6. The topological polar surface area (TPSA) is 12.0 Å². The number of nitrogens with one attached hydrogen (secondary N) is 1. The Morgan fingerprint density at radius 2 is 1.86 bits per heavy atom. The summed E-state index contributed by atoms with van der Waals surface area (Å²) in [6.45, 7) is 12.1. The van der Waals surface area contributed by atoms with Crippen LogP contribution in [0.3, 0.4) is 0 Å². The standard InChI is InChI=1S/C13H25N/c1-6-7-8-9-13(4,5)10-11-14-12(2)3/h12,14H,8-11H2,1-5H3. The van der Waals surface area contributed by atoms with Crippen molar-refractivity contribution in [3.63, 3.8) is 0 Å². The van der Waals surface area contributed by atoms with E-state index in [2.05, 4.69) is 44.9 Å². The van der Waals surface area contributed by atoms with Crippen molar-refractivity contribution >= 4 is 0 Å². The molecule has 0 saturated carbocycles. The number of hydrogen-bond donors (Lipinski definition) is 1. The van der Waals surface area contributed by atoms with E-state index in [0.29, 0.717) is 11.5 Å². The average molecular weight is 195 g/mol. The SMILES string of the molecule is CC#CCCC(C)(C)CCNC(C)C. The normalized spacial score (nSPS) is 11.3. The number of hydrogen-bond acceptors (Lipinski definition) is 1. The van der Waals surface area contributed by atoms with E-state index in [0.717, 1.165) is 13.0 Å². The largest absolute Gasteiger partial charge is 0.315 e. The fourth-order valence-corrected chi connectivity index (χ4v) is 1.35. The molecule has 0 aromatic heterocycles. The Kier molecular flexibility index (Phi) is 6.66. The van der Waals surface area contributed by atoms with E-state index >= 15 is 0 Å². The molecule has 0 unspecified atom stereocenters. The molecule has 1 nitrogen and oxygen atoms in total. The molecule has 0 aliphatic rings. The van der Waals surface area contributed by atoms with Crippen LogP contribution in [-0.2, 0) is 0 Å². The lowest BCUT2D eigenvalue weighted by Crippen LogP contribution is -2.27. The Balaban J connectivity index is 3.64. The Labute approximate surface area is 89.7 Å². The second-order valence-electron chi connectivity index (χ2n) is 4.95. The third kappa shape index (κ3) is 8.13. The van der Waals surface area contributed by atoms with E-state index in [1.165, 1.54) is 12.8 Å². The molecule has 0 bridgehead atoms. The summed E-state index contributed by atoms with van der Waals surface area (Å²) in [4.78, 5) is 0. The van der Waals surface area contributed by atoms with Gasteiger partial charge in [0, 0.05) is 12.5 Å². The summed E-state index contributed by atoms with van der Waals surface area (Å²) in [5.41, 5.74) is 0.422. The zero-order valence-corrected chi connectivity index (χ0v) is 10.4. The Bertz CT molecular complexity index is 193. The van der Waals surface area contributed by atoms with Gasteiger partial charge in [-0.15, -0.1) is 11.8 Å². The third-order valence-electron chi connectivity index (χ3n) is 2.46. The fourth-order valence-electron chi connectivity index (χ4n) is 1.35. The Morgan fingerprint density at radius 1 is 1.21 bits per heavy atom. The smallest absolute Gasteiger partial charge is 0.00936 e. The summed E-state index contributed by atoms with van der Waals surface area (Å²) in [5, 5.41) is 3.46. The van der Waals surface area contributed by atoms with Crippen molar-refractivity contribution < 1.29 is 0 Å². The summed E-state index contributed by atoms with van der Waals surface area (Å²) in [7, 11) is 0. The van der Waals surface area contributed by atoms with Crippen molar-refractivity contribution in [2.45, 2.75) is 59.9 Å². The molecule has 0 saturated heterocycles. The molecule has 0 amide bonds. The van der Waals surface area contributed by atoms with E-state index in [4.69, 9.17) is 0 Å². The summed E-state index contributed by atoms with van der Waals surface area (Å²) < 4.78 is 0. The van der Waals surface area contributed by atoms with Gasteiger partial charge in [-0.05, 0) is 31.7 Å². The van der Waals surface area contributed by atoms with Gasteiger partial charge in [-0.1, -0.05) is 27.7 Å². The maximum atomic E-state index is 3.46. The average Bonchev–Trinajstić information content (AvgIpc) is 2.03. The van der Waals surface area contributed by atoms with Crippen molar-refractivity contribution in [2.75, 3.05) is 6.54 Å². The molecule has 0 rings (SSSR count). The van der Waals surface area contributed by atoms with Crippen LogP contribution in [0.5, 0.6) is 0 Å². The molecule has 82 valence electrons.